The SMILES string of the molecule is CCC(CC)N(CCCl)C(=O)c1ccccc1. The molecule has 0 bridgehead atoms. The van der Waals surface area contributed by atoms with Crippen LogP contribution in [0.1, 0.15) is 37.0 Å². The molecule has 3 heteroatoms. The van der Waals surface area contributed by atoms with E-state index in [1.54, 1.807) is 0 Å². The molecule has 0 aliphatic rings. The Morgan fingerprint density at radius 3 is 2.29 bits per heavy atom. The first-order valence-electron chi connectivity index (χ1n) is 6.16. The van der Waals surface area contributed by atoms with Crippen LogP contribution in [0.2, 0.25) is 0 Å². The van der Waals surface area contributed by atoms with Gasteiger partial charge in [0, 0.05) is 24.0 Å². The third kappa shape index (κ3) is 3.74. The van der Waals surface area contributed by atoms with Gasteiger partial charge in [0.1, 0.15) is 0 Å². The second-order valence-corrected chi connectivity index (χ2v) is 4.40. The number of carbonyl (C=O) groups excluding carboxylic acids is 1. The van der Waals surface area contributed by atoms with Crippen molar-refractivity contribution in [2.75, 3.05) is 12.4 Å². The minimum absolute atomic E-state index is 0.0833. The lowest BCUT2D eigenvalue weighted by molar-refractivity contribution is 0.0681. The second kappa shape index (κ2) is 7.33. The van der Waals surface area contributed by atoms with Crippen LogP contribution in [0.25, 0.3) is 0 Å². The summed E-state index contributed by atoms with van der Waals surface area (Å²) in [5.41, 5.74) is 0.740. The number of amides is 1. The van der Waals surface area contributed by atoms with E-state index in [1.807, 2.05) is 35.2 Å². The molecule has 0 spiro atoms. The van der Waals surface area contributed by atoms with Crippen molar-refractivity contribution in [2.45, 2.75) is 32.7 Å². The van der Waals surface area contributed by atoms with Gasteiger partial charge >= 0.3 is 0 Å². The van der Waals surface area contributed by atoms with Gasteiger partial charge in [-0.05, 0) is 25.0 Å². The predicted molar refractivity (Wildman–Crippen MR) is 72.6 cm³/mol. The molecule has 0 radical (unpaired) electrons. The van der Waals surface area contributed by atoms with Crippen LogP contribution in [-0.4, -0.2) is 29.3 Å². The zero-order valence-electron chi connectivity index (χ0n) is 10.5. The average Bonchev–Trinajstić information content (AvgIpc) is 2.39. The fraction of sp³-hybridized carbons (Fsp3) is 0.500. The molecule has 0 saturated carbocycles. The molecule has 0 aliphatic carbocycles. The van der Waals surface area contributed by atoms with Crippen molar-refractivity contribution in [1.29, 1.82) is 0 Å². The fourth-order valence-corrected chi connectivity index (χ4v) is 2.20. The summed E-state index contributed by atoms with van der Waals surface area (Å²) in [6, 6.07) is 9.68. The lowest BCUT2D eigenvalue weighted by atomic mass is 10.1. The van der Waals surface area contributed by atoms with Gasteiger partial charge in [0.2, 0.25) is 0 Å². The summed E-state index contributed by atoms with van der Waals surface area (Å²) in [7, 11) is 0. The molecule has 17 heavy (non-hydrogen) atoms. The van der Waals surface area contributed by atoms with E-state index in [4.69, 9.17) is 11.6 Å². The van der Waals surface area contributed by atoms with E-state index in [1.165, 1.54) is 0 Å². The van der Waals surface area contributed by atoms with E-state index < -0.39 is 0 Å². The lowest BCUT2D eigenvalue weighted by Crippen LogP contribution is -2.41. The highest BCUT2D eigenvalue weighted by atomic mass is 35.5. The number of alkyl halides is 1. The lowest BCUT2D eigenvalue weighted by Gasteiger charge is -2.30. The van der Waals surface area contributed by atoms with Gasteiger partial charge in [-0.2, -0.15) is 0 Å². The molecule has 1 rings (SSSR count). The van der Waals surface area contributed by atoms with Crippen molar-refractivity contribution in [2.24, 2.45) is 0 Å². The summed E-state index contributed by atoms with van der Waals surface area (Å²) in [5.74, 6) is 0.565. The zero-order chi connectivity index (χ0) is 12.7. The Bertz CT molecular complexity index is 335. The van der Waals surface area contributed by atoms with Crippen LogP contribution in [0, 0.1) is 0 Å². The van der Waals surface area contributed by atoms with Crippen molar-refractivity contribution in [1.82, 2.24) is 4.90 Å². The van der Waals surface area contributed by atoms with Gasteiger partial charge in [0.15, 0.2) is 0 Å². The second-order valence-electron chi connectivity index (χ2n) is 4.02. The molecule has 0 aromatic heterocycles. The first kappa shape index (κ1) is 14.0. The molecule has 0 N–H and O–H groups in total. The van der Waals surface area contributed by atoms with Crippen LogP contribution >= 0.6 is 11.6 Å². The molecule has 1 amide bonds. The van der Waals surface area contributed by atoms with E-state index in [-0.39, 0.29) is 11.9 Å². The van der Waals surface area contributed by atoms with Gasteiger partial charge in [-0.25, -0.2) is 0 Å². The molecule has 0 unspecified atom stereocenters. The molecule has 94 valence electrons. The van der Waals surface area contributed by atoms with Gasteiger partial charge in [0.25, 0.3) is 5.91 Å². The van der Waals surface area contributed by atoms with Crippen LogP contribution in [0.5, 0.6) is 0 Å². The summed E-state index contributed by atoms with van der Waals surface area (Å²) in [6.07, 6.45) is 1.93. The van der Waals surface area contributed by atoms with E-state index in [9.17, 15) is 4.79 Å². The fourth-order valence-electron chi connectivity index (χ4n) is 2.02. The minimum atomic E-state index is 0.0833. The molecule has 0 heterocycles. The van der Waals surface area contributed by atoms with Crippen LogP contribution in [0.4, 0.5) is 0 Å². The number of hydrogen-bond donors (Lipinski definition) is 0. The topological polar surface area (TPSA) is 20.3 Å². The maximum Gasteiger partial charge on any atom is 0.254 e. The maximum absolute atomic E-state index is 12.4. The van der Waals surface area contributed by atoms with Gasteiger partial charge in [-0.1, -0.05) is 32.0 Å². The smallest absolute Gasteiger partial charge is 0.254 e. The first-order valence-corrected chi connectivity index (χ1v) is 6.70. The molecule has 1 aromatic rings. The molecule has 0 fully saturated rings. The molecule has 0 saturated heterocycles. The van der Waals surface area contributed by atoms with Gasteiger partial charge in [-0.15, -0.1) is 11.6 Å². The third-order valence-corrected chi connectivity index (χ3v) is 3.16. The number of benzene rings is 1. The van der Waals surface area contributed by atoms with Crippen molar-refractivity contribution in [3.8, 4) is 0 Å². The van der Waals surface area contributed by atoms with Crippen LogP contribution in [0.3, 0.4) is 0 Å². The quantitative estimate of drug-likeness (QED) is 0.710. The Kier molecular flexibility index (Phi) is 6.06. The minimum Gasteiger partial charge on any atom is -0.334 e. The molecule has 1 aromatic carbocycles. The highest BCUT2D eigenvalue weighted by Crippen LogP contribution is 2.13. The number of rotatable bonds is 6. The predicted octanol–water partition coefficient (Wildman–Crippen LogP) is 3.56. The van der Waals surface area contributed by atoms with Crippen molar-refractivity contribution < 1.29 is 4.79 Å². The Hall–Kier alpha value is -1.02. The van der Waals surface area contributed by atoms with Crippen molar-refractivity contribution in [3.63, 3.8) is 0 Å². The Labute approximate surface area is 109 Å². The highest BCUT2D eigenvalue weighted by Gasteiger charge is 2.21. The third-order valence-electron chi connectivity index (χ3n) is 2.99. The normalized spacial score (nSPS) is 10.6. The number of hydrogen-bond acceptors (Lipinski definition) is 1. The monoisotopic (exact) mass is 253 g/mol. The number of nitrogens with zero attached hydrogens (tertiary/aromatic N) is 1. The van der Waals surface area contributed by atoms with Gasteiger partial charge in [-0.3, -0.25) is 4.79 Å². The van der Waals surface area contributed by atoms with Crippen LogP contribution in [-0.2, 0) is 0 Å². The molecule has 0 aliphatic heterocycles. The largest absolute Gasteiger partial charge is 0.334 e. The standard InChI is InChI=1S/C14H20ClNO/c1-3-13(4-2)16(11-10-15)14(17)12-8-6-5-7-9-12/h5-9,13H,3-4,10-11H2,1-2H3. The summed E-state index contributed by atoms with van der Waals surface area (Å²) in [6.45, 7) is 4.82. The van der Waals surface area contributed by atoms with E-state index in [0.717, 1.165) is 18.4 Å². The molecule has 2 nitrogen and oxygen atoms in total. The van der Waals surface area contributed by atoms with Crippen LogP contribution < -0.4 is 0 Å². The zero-order valence-corrected chi connectivity index (χ0v) is 11.3. The van der Waals surface area contributed by atoms with Gasteiger partial charge < -0.3 is 4.90 Å². The summed E-state index contributed by atoms with van der Waals surface area (Å²) in [5, 5.41) is 0. The molecular weight excluding hydrogens is 234 g/mol. The molecule has 0 atom stereocenters. The number of halogens is 1. The Morgan fingerprint density at radius 1 is 1.24 bits per heavy atom. The van der Waals surface area contributed by atoms with Gasteiger partial charge in [0.05, 0.1) is 0 Å². The number of carbonyl (C=O) groups is 1. The average molecular weight is 254 g/mol. The Morgan fingerprint density at radius 2 is 1.82 bits per heavy atom. The van der Waals surface area contributed by atoms with Crippen molar-refractivity contribution in [3.05, 3.63) is 35.9 Å². The highest BCUT2D eigenvalue weighted by molar-refractivity contribution is 6.18. The molecular formula is C14H20ClNO. The van der Waals surface area contributed by atoms with E-state index in [2.05, 4.69) is 13.8 Å². The van der Waals surface area contributed by atoms with E-state index in [0.29, 0.717) is 12.4 Å². The summed E-state index contributed by atoms with van der Waals surface area (Å²) >= 11 is 5.79. The summed E-state index contributed by atoms with van der Waals surface area (Å²) < 4.78 is 0. The van der Waals surface area contributed by atoms with Crippen molar-refractivity contribution >= 4 is 17.5 Å². The maximum atomic E-state index is 12.4. The summed E-state index contributed by atoms with van der Waals surface area (Å²) in [4.78, 5) is 14.3. The Balaban J connectivity index is 2.87. The van der Waals surface area contributed by atoms with Crippen LogP contribution in [0.15, 0.2) is 30.3 Å². The first-order chi connectivity index (χ1) is 8.24. The van der Waals surface area contributed by atoms with E-state index >= 15 is 0 Å².